The molecule has 2 aliphatic heterocycles. The van der Waals surface area contributed by atoms with Crippen LogP contribution in [-0.2, 0) is 4.74 Å². The molecule has 1 spiro atoms. The molecule has 0 saturated carbocycles. The summed E-state index contributed by atoms with van der Waals surface area (Å²) < 4.78 is 5.32. The zero-order valence-electron chi connectivity index (χ0n) is 6.36. The van der Waals surface area contributed by atoms with Crippen LogP contribution in [0.5, 0.6) is 0 Å². The molecule has 2 nitrogen and oxygen atoms in total. The van der Waals surface area contributed by atoms with Gasteiger partial charge in [-0.05, 0) is 32.2 Å². The molecular formula is C8H15NO. The standard InChI is InChI=1S/C8H15NO/c1-2-8(9-5-1)3-6-10-7-4-8/h9H,1-7H2. The Kier molecular flexibility index (Phi) is 1.66. The van der Waals surface area contributed by atoms with Gasteiger partial charge in [-0.25, -0.2) is 0 Å². The van der Waals surface area contributed by atoms with Gasteiger partial charge in [0.05, 0.1) is 0 Å². The third kappa shape index (κ3) is 1.06. The van der Waals surface area contributed by atoms with Gasteiger partial charge in [0.2, 0.25) is 0 Å². The average Bonchev–Trinajstić information content (AvgIpc) is 2.39. The smallest absolute Gasteiger partial charge is 0.0483 e. The van der Waals surface area contributed by atoms with Crippen LogP contribution in [0.3, 0.4) is 0 Å². The number of hydrogen-bond donors (Lipinski definition) is 1. The van der Waals surface area contributed by atoms with Crippen LogP contribution in [0.1, 0.15) is 25.7 Å². The summed E-state index contributed by atoms with van der Waals surface area (Å²) in [6.07, 6.45) is 5.19. The molecule has 2 saturated heterocycles. The van der Waals surface area contributed by atoms with Gasteiger partial charge in [-0.2, -0.15) is 0 Å². The molecule has 58 valence electrons. The van der Waals surface area contributed by atoms with Gasteiger partial charge in [0.15, 0.2) is 0 Å². The molecule has 0 atom stereocenters. The Bertz CT molecular complexity index is 110. The maximum Gasteiger partial charge on any atom is 0.0483 e. The summed E-state index contributed by atoms with van der Waals surface area (Å²) in [6.45, 7) is 3.15. The van der Waals surface area contributed by atoms with Crippen molar-refractivity contribution in [2.24, 2.45) is 0 Å². The van der Waals surface area contributed by atoms with Crippen LogP contribution >= 0.6 is 0 Å². The fraction of sp³-hybridized carbons (Fsp3) is 1.00. The minimum absolute atomic E-state index is 0.498. The summed E-state index contributed by atoms with van der Waals surface area (Å²) in [5.74, 6) is 0. The summed E-state index contributed by atoms with van der Waals surface area (Å²) >= 11 is 0. The minimum atomic E-state index is 0.498. The Morgan fingerprint density at radius 3 is 2.50 bits per heavy atom. The van der Waals surface area contributed by atoms with E-state index in [1.165, 1.54) is 32.2 Å². The third-order valence-electron chi connectivity index (χ3n) is 2.78. The van der Waals surface area contributed by atoms with Gasteiger partial charge in [-0.1, -0.05) is 0 Å². The van der Waals surface area contributed by atoms with Crippen LogP contribution in [-0.4, -0.2) is 25.3 Å². The lowest BCUT2D eigenvalue weighted by atomic mass is 9.89. The normalized spacial score (nSPS) is 31.2. The fourth-order valence-electron chi connectivity index (χ4n) is 2.06. The minimum Gasteiger partial charge on any atom is -0.381 e. The van der Waals surface area contributed by atoms with Gasteiger partial charge in [-0.3, -0.25) is 0 Å². The van der Waals surface area contributed by atoms with Crippen molar-refractivity contribution < 1.29 is 4.74 Å². The predicted molar refractivity (Wildman–Crippen MR) is 40.0 cm³/mol. The van der Waals surface area contributed by atoms with Crippen molar-refractivity contribution in [1.29, 1.82) is 0 Å². The largest absolute Gasteiger partial charge is 0.381 e. The highest BCUT2D eigenvalue weighted by Gasteiger charge is 2.34. The van der Waals surface area contributed by atoms with Crippen molar-refractivity contribution in [3.05, 3.63) is 0 Å². The zero-order chi connectivity index (χ0) is 6.86. The van der Waals surface area contributed by atoms with E-state index in [1.54, 1.807) is 0 Å². The Morgan fingerprint density at radius 2 is 1.90 bits per heavy atom. The van der Waals surface area contributed by atoms with E-state index < -0.39 is 0 Å². The predicted octanol–water partition coefficient (Wildman–Crippen LogP) is 0.919. The quantitative estimate of drug-likeness (QED) is 0.541. The fourth-order valence-corrected chi connectivity index (χ4v) is 2.06. The molecule has 0 aromatic carbocycles. The number of nitrogens with one attached hydrogen (secondary N) is 1. The molecule has 2 rings (SSSR count). The van der Waals surface area contributed by atoms with Gasteiger partial charge in [-0.15, -0.1) is 0 Å². The molecule has 0 unspecified atom stereocenters. The number of rotatable bonds is 0. The SMILES string of the molecule is C1CNC2(C1)CCOCC2. The third-order valence-corrected chi connectivity index (χ3v) is 2.78. The van der Waals surface area contributed by atoms with Crippen LogP contribution in [0, 0.1) is 0 Å². The first-order chi connectivity index (χ1) is 4.91. The second-order valence-electron chi connectivity index (χ2n) is 3.42. The molecule has 2 heteroatoms. The summed E-state index contributed by atoms with van der Waals surface area (Å²) in [4.78, 5) is 0. The van der Waals surface area contributed by atoms with E-state index in [2.05, 4.69) is 5.32 Å². The molecule has 2 aliphatic rings. The molecule has 2 fully saturated rings. The second-order valence-corrected chi connectivity index (χ2v) is 3.42. The van der Waals surface area contributed by atoms with E-state index in [0.29, 0.717) is 5.54 Å². The molecule has 2 heterocycles. The molecule has 0 aromatic heterocycles. The molecule has 1 N–H and O–H groups in total. The van der Waals surface area contributed by atoms with Gasteiger partial charge < -0.3 is 10.1 Å². The molecule has 0 radical (unpaired) electrons. The summed E-state index contributed by atoms with van der Waals surface area (Å²) in [5, 5.41) is 3.59. The molecule has 0 bridgehead atoms. The van der Waals surface area contributed by atoms with E-state index >= 15 is 0 Å². The first-order valence-electron chi connectivity index (χ1n) is 4.24. The van der Waals surface area contributed by atoms with Crippen molar-refractivity contribution in [1.82, 2.24) is 5.32 Å². The molecular weight excluding hydrogens is 126 g/mol. The topological polar surface area (TPSA) is 21.3 Å². The van der Waals surface area contributed by atoms with Gasteiger partial charge >= 0.3 is 0 Å². The van der Waals surface area contributed by atoms with Crippen LogP contribution in [0.4, 0.5) is 0 Å². The van der Waals surface area contributed by atoms with Crippen molar-refractivity contribution >= 4 is 0 Å². The van der Waals surface area contributed by atoms with Crippen LogP contribution in [0.25, 0.3) is 0 Å². The Balaban J connectivity index is 1.98. The van der Waals surface area contributed by atoms with Gasteiger partial charge in [0.1, 0.15) is 0 Å². The van der Waals surface area contributed by atoms with Crippen molar-refractivity contribution in [2.45, 2.75) is 31.2 Å². The molecule has 10 heavy (non-hydrogen) atoms. The zero-order valence-corrected chi connectivity index (χ0v) is 6.36. The highest BCUT2D eigenvalue weighted by Crippen LogP contribution is 2.29. The first-order valence-corrected chi connectivity index (χ1v) is 4.24. The lowest BCUT2D eigenvalue weighted by Crippen LogP contribution is -2.44. The Morgan fingerprint density at radius 1 is 1.10 bits per heavy atom. The Hall–Kier alpha value is -0.0800. The van der Waals surface area contributed by atoms with Crippen LogP contribution in [0.2, 0.25) is 0 Å². The lowest BCUT2D eigenvalue weighted by Gasteiger charge is -2.33. The summed E-state index contributed by atoms with van der Waals surface area (Å²) in [7, 11) is 0. The maximum absolute atomic E-state index is 5.32. The maximum atomic E-state index is 5.32. The molecule has 0 aliphatic carbocycles. The molecule has 0 amide bonds. The summed E-state index contributed by atoms with van der Waals surface area (Å²) in [5.41, 5.74) is 0.498. The van der Waals surface area contributed by atoms with Gasteiger partial charge in [0, 0.05) is 18.8 Å². The van der Waals surface area contributed by atoms with E-state index in [4.69, 9.17) is 4.74 Å². The van der Waals surface area contributed by atoms with Crippen molar-refractivity contribution in [2.75, 3.05) is 19.8 Å². The van der Waals surface area contributed by atoms with Crippen LogP contribution < -0.4 is 5.32 Å². The number of hydrogen-bond acceptors (Lipinski definition) is 2. The molecule has 0 aromatic rings. The monoisotopic (exact) mass is 141 g/mol. The lowest BCUT2D eigenvalue weighted by molar-refractivity contribution is 0.0458. The van der Waals surface area contributed by atoms with E-state index in [0.717, 1.165) is 13.2 Å². The highest BCUT2D eigenvalue weighted by atomic mass is 16.5. The highest BCUT2D eigenvalue weighted by molar-refractivity contribution is 4.94. The second kappa shape index (κ2) is 2.51. The van der Waals surface area contributed by atoms with Crippen molar-refractivity contribution in [3.8, 4) is 0 Å². The van der Waals surface area contributed by atoms with E-state index in [-0.39, 0.29) is 0 Å². The van der Waals surface area contributed by atoms with Crippen LogP contribution in [0.15, 0.2) is 0 Å². The van der Waals surface area contributed by atoms with E-state index in [9.17, 15) is 0 Å². The van der Waals surface area contributed by atoms with Crippen molar-refractivity contribution in [3.63, 3.8) is 0 Å². The Labute approximate surface area is 61.9 Å². The first kappa shape index (κ1) is 6.62. The number of ether oxygens (including phenoxy) is 1. The van der Waals surface area contributed by atoms with E-state index in [1.807, 2.05) is 0 Å². The van der Waals surface area contributed by atoms with Gasteiger partial charge in [0.25, 0.3) is 0 Å². The average molecular weight is 141 g/mol. The summed E-state index contributed by atoms with van der Waals surface area (Å²) in [6, 6.07) is 0.